The quantitative estimate of drug-likeness (QED) is 0.748. The number of hydrogen-bond donors (Lipinski definition) is 1. The van der Waals surface area contributed by atoms with Crippen LogP contribution in [0.25, 0.3) is 0 Å². The summed E-state index contributed by atoms with van der Waals surface area (Å²) < 4.78 is 18.2. The molecule has 0 unspecified atom stereocenters. The highest BCUT2D eigenvalue weighted by atomic mass is 19.1. The zero-order valence-corrected chi connectivity index (χ0v) is 14.1. The van der Waals surface area contributed by atoms with Crippen LogP contribution in [0.2, 0.25) is 0 Å². The topological polar surface area (TPSA) is 41.6 Å². The lowest BCUT2D eigenvalue weighted by atomic mass is 10.1. The molecule has 1 amide bonds. The first-order valence-electron chi connectivity index (χ1n) is 8.47. The fourth-order valence-electron chi connectivity index (χ4n) is 3.08. The van der Waals surface area contributed by atoms with Crippen LogP contribution in [0.1, 0.15) is 39.5 Å². The van der Waals surface area contributed by atoms with Gasteiger partial charge in [0.15, 0.2) is 0 Å². The Morgan fingerprint density at radius 1 is 1.30 bits per heavy atom. The molecule has 0 aromatic heterocycles. The number of carbonyl (C=O) groups excluding carboxylic acids is 1. The van der Waals surface area contributed by atoms with E-state index in [0.717, 1.165) is 0 Å². The van der Waals surface area contributed by atoms with E-state index in [9.17, 15) is 9.18 Å². The van der Waals surface area contributed by atoms with Crippen molar-refractivity contribution >= 4 is 5.91 Å². The number of halogens is 1. The molecule has 1 aromatic carbocycles. The summed E-state index contributed by atoms with van der Waals surface area (Å²) >= 11 is 0. The molecule has 1 aromatic rings. The number of ether oxygens (including phenoxy) is 1. The molecule has 1 N–H and O–H groups in total. The number of amides is 1. The van der Waals surface area contributed by atoms with Gasteiger partial charge in [-0.2, -0.15) is 0 Å². The summed E-state index contributed by atoms with van der Waals surface area (Å²) in [6, 6.07) is 6.79. The van der Waals surface area contributed by atoms with Crippen LogP contribution >= 0.6 is 0 Å². The van der Waals surface area contributed by atoms with Crippen LogP contribution in [-0.4, -0.2) is 42.6 Å². The maximum Gasteiger partial charge on any atom is 0.234 e. The first-order valence-corrected chi connectivity index (χ1v) is 8.47. The Balaban J connectivity index is 1.68. The van der Waals surface area contributed by atoms with Crippen molar-refractivity contribution in [3.8, 4) is 5.75 Å². The number of nitrogens with one attached hydrogen (secondary N) is 1. The smallest absolute Gasteiger partial charge is 0.234 e. The molecule has 1 aliphatic rings. The average molecular weight is 322 g/mol. The predicted molar refractivity (Wildman–Crippen MR) is 89.0 cm³/mol. The highest BCUT2D eigenvalue weighted by molar-refractivity contribution is 5.78. The molecule has 0 aliphatic heterocycles. The molecule has 1 fully saturated rings. The van der Waals surface area contributed by atoms with Gasteiger partial charge < -0.3 is 10.1 Å². The van der Waals surface area contributed by atoms with Gasteiger partial charge >= 0.3 is 0 Å². The summed E-state index contributed by atoms with van der Waals surface area (Å²) in [5.41, 5.74) is 0. The lowest BCUT2D eigenvalue weighted by Crippen LogP contribution is -2.46. The van der Waals surface area contributed by atoms with Gasteiger partial charge in [-0.1, -0.05) is 12.8 Å². The maximum atomic E-state index is 12.8. The van der Waals surface area contributed by atoms with Gasteiger partial charge in [0.1, 0.15) is 18.2 Å². The normalized spacial score (nSPS) is 15.3. The maximum absolute atomic E-state index is 12.8. The monoisotopic (exact) mass is 322 g/mol. The second-order valence-corrected chi connectivity index (χ2v) is 6.36. The molecule has 1 saturated carbocycles. The van der Waals surface area contributed by atoms with Crippen LogP contribution in [0.5, 0.6) is 5.75 Å². The van der Waals surface area contributed by atoms with E-state index in [1.54, 1.807) is 12.1 Å². The van der Waals surface area contributed by atoms with Crippen molar-refractivity contribution in [2.75, 3.05) is 19.7 Å². The largest absolute Gasteiger partial charge is 0.492 e. The van der Waals surface area contributed by atoms with E-state index in [1.807, 2.05) is 0 Å². The van der Waals surface area contributed by atoms with Gasteiger partial charge in [-0.15, -0.1) is 0 Å². The van der Waals surface area contributed by atoms with Crippen molar-refractivity contribution in [3.05, 3.63) is 30.1 Å². The Morgan fingerprint density at radius 3 is 2.57 bits per heavy atom. The fourth-order valence-corrected chi connectivity index (χ4v) is 3.08. The first-order chi connectivity index (χ1) is 11.1. The number of rotatable bonds is 8. The molecular formula is C18H27FN2O2. The minimum atomic E-state index is -0.286. The van der Waals surface area contributed by atoms with Gasteiger partial charge in [-0.3, -0.25) is 9.69 Å². The molecule has 0 atom stereocenters. The lowest BCUT2D eigenvalue weighted by molar-refractivity contribution is -0.123. The molecule has 5 heteroatoms. The third-order valence-corrected chi connectivity index (χ3v) is 4.29. The van der Waals surface area contributed by atoms with Gasteiger partial charge in [-0.25, -0.2) is 4.39 Å². The van der Waals surface area contributed by atoms with Crippen LogP contribution < -0.4 is 10.1 Å². The van der Waals surface area contributed by atoms with Crippen molar-refractivity contribution in [2.45, 2.75) is 51.6 Å². The molecule has 0 saturated heterocycles. The summed E-state index contributed by atoms with van der Waals surface area (Å²) in [7, 11) is 0. The number of benzene rings is 1. The molecular weight excluding hydrogens is 295 g/mol. The molecule has 0 radical (unpaired) electrons. The van der Waals surface area contributed by atoms with Crippen LogP contribution in [0.3, 0.4) is 0 Å². The van der Waals surface area contributed by atoms with E-state index in [-0.39, 0.29) is 11.7 Å². The van der Waals surface area contributed by atoms with Crippen LogP contribution in [0.4, 0.5) is 4.39 Å². The highest BCUT2D eigenvalue weighted by Crippen LogP contribution is 2.24. The van der Waals surface area contributed by atoms with Crippen LogP contribution in [0.15, 0.2) is 24.3 Å². The van der Waals surface area contributed by atoms with Crippen LogP contribution in [-0.2, 0) is 4.79 Å². The number of carbonyl (C=O) groups is 1. The van der Waals surface area contributed by atoms with Gasteiger partial charge in [0.2, 0.25) is 5.91 Å². The third kappa shape index (κ3) is 5.82. The van der Waals surface area contributed by atoms with E-state index >= 15 is 0 Å². The highest BCUT2D eigenvalue weighted by Gasteiger charge is 2.26. The standard InChI is InChI=1S/C18H27FN2O2/c1-14(2)21(16-5-3-4-6-16)13-18(22)20-11-12-23-17-9-7-15(19)8-10-17/h7-10,14,16H,3-6,11-13H2,1-2H3,(H,20,22). The third-order valence-electron chi connectivity index (χ3n) is 4.29. The number of nitrogens with zero attached hydrogens (tertiary/aromatic N) is 1. The van der Waals surface area contributed by atoms with Crippen molar-refractivity contribution < 1.29 is 13.9 Å². The van der Waals surface area contributed by atoms with Crippen molar-refractivity contribution in [1.29, 1.82) is 0 Å². The van der Waals surface area contributed by atoms with Crippen molar-refractivity contribution in [2.24, 2.45) is 0 Å². The zero-order chi connectivity index (χ0) is 16.7. The van der Waals surface area contributed by atoms with Gasteiger partial charge in [0.05, 0.1) is 13.1 Å². The van der Waals surface area contributed by atoms with Crippen molar-refractivity contribution in [3.63, 3.8) is 0 Å². The summed E-state index contributed by atoms with van der Waals surface area (Å²) in [6.07, 6.45) is 4.92. The predicted octanol–water partition coefficient (Wildman–Crippen LogP) is 2.97. The second kappa shape index (κ2) is 8.87. The Kier molecular flexibility index (Phi) is 6.84. The molecule has 128 valence electrons. The molecule has 23 heavy (non-hydrogen) atoms. The summed E-state index contributed by atoms with van der Waals surface area (Å²) in [6.45, 7) is 5.56. The molecule has 2 rings (SSSR count). The lowest BCUT2D eigenvalue weighted by Gasteiger charge is -2.31. The second-order valence-electron chi connectivity index (χ2n) is 6.36. The van der Waals surface area contributed by atoms with E-state index in [0.29, 0.717) is 37.5 Å². The molecule has 4 nitrogen and oxygen atoms in total. The Hall–Kier alpha value is -1.62. The number of hydrogen-bond acceptors (Lipinski definition) is 3. The average Bonchev–Trinajstić information content (AvgIpc) is 3.04. The fraction of sp³-hybridized carbons (Fsp3) is 0.611. The minimum absolute atomic E-state index is 0.0355. The van der Waals surface area contributed by atoms with Gasteiger partial charge in [0, 0.05) is 12.1 Å². The van der Waals surface area contributed by atoms with E-state index in [4.69, 9.17) is 4.74 Å². The molecule has 0 spiro atoms. The van der Waals surface area contributed by atoms with Crippen LogP contribution in [0, 0.1) is 5.82 Å². The zero-order valence-electron chi connectivity index (χ0n) is 14.1. The summed E-state index contributed by atoms with van der Waals surface area (Å²) in [5, 5.41) is 2.89. The Labute approximate surface area is 138 Å². The Bertz CT molecular complexity index is 484. The molecule has 0 bridgehead atoms. The van der Waals surface area contributed by atoms with Crippen molar-refractivity contribution in [1.82, 2.24) is 10.2 Å². The van der Waals surface area contributed by atoms with E-state index in [1.165, 1.54) is 37.8 Å². The van der Waals surface area contributed by atoms with E-state index < -0.39 is 0 Å². The molecule has 0 heterocycles. The first kappa shape index (κ1) is 17.7. The molecule has 1 aliphatic carbocycles. The van der Waals surface area contributed by atoms with Gasteiger partial charge in [0.25, 0.3) is 0 Å². The SMILES string of the molecule is CC(C)N(CC(=O)NCCOc1ccc(F)cc1)C1CCCC1. The minimum Gasteiger partial charge on any atom is -0.492 e. The van der Waals surface area contributed by atoms with E-state index in [2.05, 4.69) is 24.1 Å². The van der Waals surface area contributed by atoms with Gasteiger partial charge in [-0.05, 0) is 51.0 Å². The Morgan fingerprint density at radius 2 is 1.96 bits per heavy atom. The summed E-state index contributed by atoms with van der Waals surface area (Å²) in [4.78, 5) is 14.4. The summed E-state index contributed by atoms with van der Waals surface area (Å²) in [5.74, 6) is 0.357.